The van der Waals surface area contributed by atoms with Crippen LogP contribution in [0.25, 0.3) is 0 Å². The predicted octanol–water partition coefficient (Wildman–Crippen LogP) is 2.50. The highest BCUT2D eigenvalue weighted by Gasteiger charge is 2.27. The predicted molar refractivity (Wildman–Crippen MR) is 77.3 cm³/mol. The van der Waals surface area contributed by atoms with Crippen molar-refractivity contribution in [1.82, 2.24) is 0 Å². The van der Waals surface area contributed by atoms with Crippen LogP contribution in [0.4, 0.5) is 0 Å². The monoisotopic (exact) mass is 290 g/mol. The SMILES string of the molecule is CCC(C)(C)CC(CO)OC(COC=O)OC(C)(C)C. The van der Waals surface area contributed by atoms with Gasteiger partial charge in [-0.25, -0.2) is 0 Å². The molecule has 0 saturated heterocycles. The molecule has 2 unspecified atom stereocenters. The third-order valence-electron chi connectivity index (χ3n) is 3.07. The van der Waals surface area contributed by atoms with Gasteiger partial charge in [0.15, 0.2) is 6.29 Å². The number of ether oxygens (including phenoxy) is 3. The number of carbonyl (C=O) groups is 1. The Bertz CT molecular complexity index is 270. The minimum Gasteiger partial charge on any atom is -0.462 e. The van der Waals surface area contributed by atoms with Crippen LogP contribution >= 0.6 is 0 Å². The van der Waals surface area contributed by atoms with E-state index in [9.17, 15) is 9.90 Å². The van der Waals surface area contributed by atoms with Gasteiger partial charge in [-0.1, -0.05) is 27.2 Å². The first kappa shape index (κ1) is 19.4. The number of hydrogen-bond donors (Lipinski definition) is 1. The van der Waals surface area contributed by atoms with Crippen molar-refractivity contribution in [3.63, 3.8) is 0 Å². The second kappa shape index (κ2) is 8.60. The molecule has 0 aromatic carbocycles. The number of aliphatic hydroxyl groups is 1. The number of hydrogen-bond acceptors (Lipinski definition) is 5. The second-order valence-electron chi connectivity index (χ2n) is 6.75. The van der Waals surface area contributed by atoms with Gasteiger partial charge in [-0.2, -0.15) is 0 Å². The topological polar surface area (TPSA) is 65.0 Å². The van der Waals surface area contributed by atoms with Crippen LogP contribution in [0.1, 0.15) is 54.4 Å². The molecule has 120 valence electrons. The smallest absolute Gasteiger partial charge is 0.293 e. The molecule has 0 amide bonds. The van der Waals surface area contributed by atoms with Crippen LogP contribution in [0.15, 0.2) is 0 Å². The van der Waals surface area contributed by atoms with Crippen molar-refractivity contribution in [2.45, 2.75) is 72.4 Å². The molecular weight excluding hydrogens is 260 g/mol. The Balaban J connectivity index is 4.61. The van der Waals surface area contributed by atoms with Crippen molar-refractivity contribution in [2.75, 3.05) is 13.2 Å². The molecule has 0 aromatic heterocycles. The zero-order valence-corrected chi connectivity index (χ0v) is 13.6. The minimum atomic E-state index is -0.676. The molecular formula is C15H30O5. The van der Waals surface area contributed by atoms with Crippen LogP contribution in [-0.4, -0.2) is 42.8 Å². The molecule has 5 heteroatoms. The highest BCUT2D eigenvalue weighted by atomic mass is 16.7. The Morgan fingerprint density at radius 1 is 1.20 bits per heavy atom. The van der Waals surface area contributed by atoms with Crippen molar-refractivity contribution in [3.05, 3.63) is 0 Å². The average Bonchev–Trinajstić information content (AvgIpc) is 2.33. The van der Waals surface area contributed by atoms with Crippen molar-refractivity contribution in [1.29, 1.82) is 0 Å². The van der Waals surface area contributed by atoms with Gasteiger partial charge in [0.1, 0.15) is 6.61 Å². The molecule has 0 bridgehead atoms. The first-order valence-corrected chi connectivity index (χ1v) is 7.13. The van der Waals surface area contributed by atoms with E-state index in [2.05, 4.69) is 20.8 Å². The third kappa shape index (κ3) is 9.28. The van der Waals surface area contributed by atoms with Crippen molar-refractivity contribution in [3.8, 4) is 0 Å². The molecule has 0 rings (SSSR count). The van der Waals surface area contributed by atoms with Gasteiger partial charge in [-0.05, 0) is 32.6 Å². The first-order valence-electron chi connectivity index (χ1n) is 7.13. The van der Waals surface area contributed by atoms with Crippen LogP contribution < -0.4 is 0 Å². The Labute approximate surface area is 122 Å². The van der Waals surface area contributed by atoms with Gasteiger partial charge in [-0.3, -0.25) is 4.79 Å². The second-order valence-corrected chi connectivity index (χ2v) is 6.75. The zero-order chi connectivity index (χ0) is 15.8. The number of rotatable bonds is 10. The molecule has 0 heterocycles. The van der Waals surface area contributed by atoms with E-state index in [1.54, 1.807) is 0 Å². The molecule has 0 aliphatic carbocycles. The average molecular weight is 290 g/mol. The largest absolute Gasteiger partial charge is 0.462 e. The Kier molecular flexibility index (Phi) is 8.32. The molecule has 0 spiro atoms. The molecule has 2 atom stereocenters. The maximum atomic E-state index is 10.3. The van der Waals surface area contributed by atoms with Crippen LogP contribution in [0.2, 0.25) is 0 Å². The van der Waals surface area contributed by atoms with Gasteiger partial charge >= 0.3 is 0 Å². The van der Waals surface area contributed by atoms with E-state index in [0.717, 1.165) is 6.42 Å². The van der Waals surface area contributed by atoms with E-state index in [1.165, 1.54) is 0 Å². The van der Waals surface area contributed by atoms with Crippen LogP contribution in [-0.2, 0) is 19.0 Å². The Morgan fingerprint density at radius 3 is 2.20 bits per heavy atom. The Morgan fingerprint density at radius 2 is 1.80 bits per heavy atom. The summed E-state index contributed by atoms with van der Waals surface area (Å²) >= 11 is 0. The fraction of sp³-hybridized carbons (Fsp3) is 0.933. The van der Waals surface area contributed by atoms with E-state index < -0.39 is 11.9 Å². The lowest BCUT2D eigenvalue weighted by molar-refractivity contribution is -0.239. The summed E-state index contributed by atoms with van der Waals surface area (Å²) in [5.74, 6) is 0. The van der Waals surface area contributed by atoms with Gasteiger partial charge in [0, 0.05) is 0 Å². The molecule has 20 heavy (non-hydrogen) atoms. The van der Waals surface area contributed by atoms with E-state index in [0.29, 0.717) is 12.9 Å². The van der Waals surface area contributed by atoms with Gasteiger partial charge in [-0.15, -0.1) is 0 Å². The Hall–Kier alpha value is -0.650. The van der Waals surface area contributed by atoms with Crippen LogP contribution in [0.5, 0.6) is 0 Å². The lowest BCUT2D eigenvalue weighted by Gasteiger charge is -2.32. The van der Waals surface area contributed by atoms with Gasteiger partial charge < -0.3 is 19.3 Å². The highest BCUT2D eigenvalue weighted by molar-refractivity contribution is 5.36. The number of aliphatic hydroxyl groups excluding tert-OH is 1. The number of carbonyl (C=O) groups excluding carboxylic acids is 1. The van der Waals surface area contributed by atoms with E-state index in [4.69, 9.17) is 14.2 Å². The summed E-state index contributed by atoms with van der Waals surface area (Å²) in [6.07, 6.45) is 0.686. The van der Waals surface area contributed by atoms with E-state index >= 15 is 0 Å². The lowest BCUT2D eigenvalue weighted by Crippen LogP contribution is -2.38. The zero-order valence-electron chi connectivity index (χ0n) is 13.6. The standard InChI is InChI=1S/C15H30O5/c1-7-15(5,6)8-12(9-16)19-13(10-18-11-17)20-14(2,3)4/h11-13,16H,7-10H2,1-6H3. The summed E-state index contributed by atoms with van der Waals surface area (Å²) < 4.78 is 16.2. The van der Waals surface area contributed by atoms with Crippen LogP contribution in [0.3, 0.4) is 0 Å². The first-order chi connectivity index (χ1) is 9.13. The third-order valence-corrected chi connectivity index (χ3v) is 3.07. The molecule has 0 aliphatic heterocycles. The van der Waals surface area contributed by atoms with E-state index in [1.807, 2.05) is 20.8 Å². The summed E-state index contributed by atoms with van der Waals surface area (Å²) in [6, 6.07) is 0. The summed E-state index contributed by atoms with van der Waals surface area (Å²) in [5.41, 5.74) is -0.345. The molecule has 0 aromatic rings. The van der Waals surface area contributed by atoms with E-state index in [-0.39, 0.29) is 24.7 Å². The van der Waals surface area contributed by atoms with Crippen molar-refractivity contribution >= 4 is 6.47 Å². The molecule has 1 N–H and O–H groups in total. The van der Waals surface area contributed by atoms with Crippen molar-refractivity contribution < 1.29 is 24.1 Å². The molecule has 0 aliphatic rings. The summed E-state index contributed by atoms with van der Waals surface area (Å²) in [7, 11) is 0. The molecule has 0 radical (unpaired) electrons. The maximum Gasteiger partial charge on any atom is 0.293 e. The fourth-order valence-electron chi connectivity index (χ4n) is 1.74. The summed E-state index contributed by atoms with van der Waals surface area (Å²) in [5, 5.41) is 9.47. The van der Waals surface area contributed by atoms with Gasteiger partial charge in [0.25, 0.3) is 6.47 Å². The summed E-state index contributed by atoms with van der Waals surface area (Å²) in [6.45, 7) is 12.3. The molecule has 0 saturated carbocycles. The molecule has 0 fully saturated rings. The van der Waals surface area contributed by atoms with Gasteiger partial charge in [0.05, 0.1) is 18.3 Å². The fourth-order valence-corrected chi connectivity index (χ4v) is 1.74. The maximum absolute atomic E-state index is 10.3. The summed E-state index contributed by atoms with van der Waals surface area (Å²) in [4.78, 5) is 10.3. The quantitative estimate of drug-likeness (QED) is 0.494. The highest BCUT2D eigenvalue weighted by Crippen LogP contribution is 2.28. The molecule has 5 nitrogen and oxygen atoms in total. The lowest BCUT2D eigenvalue weighted by atomic mass is 9.84. The van der Waals surface area contributed by atoms with Gasteiger partial charge in [0.2, 0.25) is 0 Å². The van der Waals surface area contributed by atoms with Crippen LogP contribution in [0, 0.1) is 5.41 Å². The minimum absolute atomic E-state index is 0.0177. The normalized spacial score (nSPS) is 15.8. The van der Waals surface area contributed by atoms with Crippen molar-refractivity contribution in [2.24, 2.45) is 5.41 Å².